The lowest BCUT2D eigenvalue weighted by atomic mass is 10.0. The number of halogens is 2. The zero-order chi connectivity index (χ0) is 18.7. The molecule has 144 valence electrons. The number of hydrogen-bond acceptors (Lipinski definition) is 4. The van der Waals surface area contributed by atoms with Crippen LogP contribution in [-0.4, -0.2) is 50.2 Å². The largest absolute Gasteiger partial charge is 0.349 e. The molecule has 0 bridgehead atoms. The molecule has 2 fully saturated rings. The summed E-state index contributed by atoms with van der Waals surface area (Å²) >= 11 is 0. The van der Waals surface area contributed by atoms with Crippen LogP contribution in [0.4, 0.5) is 8.78 Å². The molecule has 8 heteroatoms. The lowest BCUT2D eigenvalue weighted by molar-refractivity contribution is 0.0892. The Kier molecular flexibility index (Phi) is 5.92. The predicted molar refractivity (Wildman–Crippen MR) is 93.9 cm³/mol. The zero-order valence-corrected chi connectivity index (χ0v) is 15.4. The number of sulfone groups is 1. The molecule has 1 aromatic rings. The third kappa shape index (κ3) is 4.23. The van der Waals surface area contributed by atoms with Gasteiger partial charge < -0.3 is 10.2 Å². The van der Waals surface area contributed by atoms with Crippen LogP contribution in [0.2, 0.25) is 0 Å². The highest BCUT2D eigenvalue weighted by Gasteiger charge is 2.28. The average Bonchev–Trinajstić information content (AvgIpc) is 3.17. The van der Waals surface area contributed by atoms with Crippen LogP contribution in [0.5, 0.6) is 0 Å². The normalized spacial score (nSPS) is 20.6. The van der Waals surface area contributed by atoms with Gasteiger partial charge in [0.2, 0.25) is 9.84 Å². The summed E-state index contributed by atoms with van der Waals surface area (Å²) in [5.74, 6) is -3.77. The van der Waals surface area contributed by atoms with E-state index >= 15 is 0 Å². The molecule has 26 heavy (non-hydrogen) atoms. The first kappa shape index (κ1) is 19.2. The molecular formula is C18H24F2N2O3S. The van der Waals surface area contributed by atoms with Crippen LogP contribution in [0.25, 0.3) is 0 Å². The fourth-order valence-electron chi connectivity index (χ4n) is 3.85. The Morgan fingerprint density at radius 2 is 1.62 bits per heavy atom. The molecule has 2 aliphatic rings. The van der Waals surface area contributed by atoms with Crippen LogP contribution in [0, 0.1) is 0 Å². The molecule has 1 amide bonds. The van der Waals surface area contributed by atoms with Gasteiger partial charge in [0, 0.05) is 30.7 Å². The van der Waals surface area contributed by atoms with Crippen LogP contribution in [-0.2, 0) is 9.84 Å². The third-order valence-electron chi connectivity index (χ3n) is 5.39. The van der Waals surface area contributed by atoms with Crippen molar-refractivity contribution in [3.63, 3.8) is 0 Å². The Morgan fingerprint density at radius 3 is 2.15 bits per heavy atom. The van der Waals surface area contributed by atoms with Gasteiger partial charge in [-0.25, -0.2) is 8.42 Å². The van der Waals surface area contributed by atoms with Gasteiger partial charge in [-0.15, -0.1) is 0 Å². The van der Waals surface area contributed by atoms with Gasteiger partial charge in [-0.1, -0.05) is 12.8 Å². The van der Waals surface area contributed by atoms with E-state index in [1.807, 2.05) is 0 Å². The van der Waals surface area contributed by atoms with Crippen LogP contribution in [0.15, 0.2) is 29.2 Å². The van der Waals surface area contributed by atoms with Crippen molar-refractivity contribution in [2.24, 2.45) is 0 Å². The first-order valence-corrected chi connectivity index (χ1v) is 10.6. The van der Waals surface area contributed by atoms with Crippen molar-refractivity contribution in [2.45, 2.75) is 61.3 Å². The minimum atomic E-state index is -4.63. The minimum absolute atomic E-state index is 0.0876. The zero-order valence-electron chi connectivity index (χ0n) is 14.5. The predicted octanol–water partition coefficient (Wildman–Crippen LogP) is 2.82. The van der Waals surface area contributed by atoms with Gasteiger partial charge in [-0.05, 0) is 49.9 Å². The van der Waals surface area contributed by atoms with E-state index in [0.717, 1.165) is 38.1 Å². The Labute approximate surface area is 152 Å². The summed E-state index contributed by atoms with van der Waals surface area (Å²) in [6.07, 6.45) is 6.92. The summed E-state index contributed by atoms with van der Waals surface area (Å²) < 4.78 is 47.9. The molecule has 1 N–H and O–H groups in total. The lowest BCUT2D eigenvalue weighted by Crippen LogP contribution is -2.47. The average molecular weight is 386 g/mol. The number of carbonyl (C=O) groups excluding carboxylic acids is 1. The van der Waals surface area contributed by atoms with Gasteiger partial charge in [0.25, 0.3) is 5.91 Å². The highest BCUT2D eigenvalue weighted by Crippen LogP contribution is 2.26. The van der Waals surface area contributed by atoms with E-state index in [2.05, 4.69) is 10.2 Å². The highest BCUT2D eigenvalue weighted by molar-refractivity contribution is 7.91. The SMILES string of the molecule is O=C(NC1CCN(C2CCCC2)CC1)c1ccc(S(=O)(=O)C(F)F)cc1. The Bertz CT molecular complexity index is 723. The molecule has 1 saturated carbocycles. The number of rotatable bonds is 5. The van der Waals surface area contributed by atoms with E-state index in [1.54, 1.807) is 0 Å². The lowest BCUT2D eigenvalue weighted by Gasteiger charge is -2.36. The fraction of sp³-hybridized carbons (Fsp3) is 0.611. The maximum absolute atomic E-state index is 12.5. The Balaban J connectivity index is 1.54. The molecule has 0 atom stereocenters. The molecule has 0 spiro atoms. The van der Waals surface area contributed by atoms with Crippen LogP contribution in [0.3, 0.4) is 0 Å². The van der Waals surface area contributed by atoms with Crippen molar-refractivity contribution in [2.75, 3.05) is 13.1 Å². The maximum Gasteiger partial charge on any atom is 0.341 e. The third-order valence-corrected chi connectivity index (χ3v) is 6.78. The van der Waals surface area contributed by atoms with Crippen LogP contribution in [0.1, 0.15) is 48.9 Å². The van der Waals surface area contributed by atoms with E-state index in [0.29, 0.717) is 6.04 Å². The van der Waals surface area contributed by atoms with Crippen molar-refractivity contribution in [1.82, 2.24) is 10.2 Å². The number of benzene rings is 1. The van der Waals surface area contributed by atoms with Crippen molar-refractivity contribution < 1.29 is 22.0 Å². The fourth-order valence-corrected chi connectivity index (χ4v) is 4.57. The summed E-state index contributed by atoms with van der Waals surface area (Å²) in [6, 6.07) is 5.44. The molecule has 1 aliphatic carbocycles. The number of alkyl halides is 2. The molecule has 0 unspecified atom stereocenters. The van der Waals surface area contributed by atoms with E-state index in [1.165, 1.54) is 37.8 Å². The molecule has 1 saturated heterocycles. The quantitative estimate of drug-likeness (QED) is 0.845. The number of carbonyl (C=O) groups is 1. The number of nitrogens with zero attached hydrogens (tertiary/aromatic N) is 1. The van der Waals surface area contributed by atoms with Gasteiger partial charge in [0.1, 0.15) is 0 Å². The summed E-state index contributed by atoms with van der Waals surface area (Å²) in [4.78, 5) is 14.4. The number of amides is 1. The second kappa shape index (κ2) is 8.00. The smallest absolute Gasteiger partial charge is 0.341 e. The molecule has 1 heterocycles. The second-order valence-corrected chi connectivity index (χ2v) is 8.97. The number of nitrogens with one attached hydrogen (secondary N) is 1. The minimum Gasteiger partial charge on any atom is -0.349 e. The van der Waals surface area contributed by atoms with Gasteiger partial charge in [-0.2, -0.15) is 8.78 Å². The summed E-state index contributed by atoms with van der Waals surface area (Å²) in [6.45, 7) is 1.95. The second-order valence-electron chi connectivity index (χ2n) is 7.05. The van der Waals surface area contributed by atoms with Gasteiger partial charge >= 0.3 is 5.76 Å². The van der Waals surface area contributed by atoms with Crippen LogP contribution < -0.4 is 5.32 Å². The number of hydrogen-bond donors (Lipinski definition) is 1. The highest BCUT2D eigenvalue weighted by atomic mass is 32.2. The molecule has 1 aliphatic heterocycles. The molecular weight excluding hydrogens is 362 g/mol. The Hall–Kier alpha value is -1.54. The number of piperidine rings is 1. The summed E-state index contributed by atoms with van der Waals surface area (Å²) in [7, 11) is -4.63. The molecule has 1 aromatic carbocycles. The first-order chi connectivity index (χ1) is 12.4. The van der Waals surface area contributed by atoms with Crippen molar-refractivity contribution in [3.05, 3.63) is 29.8 Å². The van der Waals surface area contributed by atoms with E-state index < -0.39 is 20.5 Å². The monoisotopic (exact) mass is 386 g/mol. The maximum atomic E-state index is 12.5. The van der Waals surface area contributed by atoms with E-state index in [-0.39, 0.29) is 17.5 Å². The van der Waals surface area contributed by atoms with E-state index in [9.17, 15) is 22.0 Å². The topological polar surface area (TPSA) is 66.5 Å². The summed E-state index contributed by atoms with van der Waals surface area (Å²) in [5.41, 5.74) is 0.274. The van der Waals surface area contributed by atoms with Gasteiger partial charge in [0.15, 0.2) is 0 Å². The molecule has 3 rings (SSSR count). The van der Waals surface area contributed by atoms with Crippen LogP contribution >= 0.6 is 0 Å². The molecule has 5 nitrogen and oxygen atoms in total. The standard InChI is InChI=1S/C18H24F2N2O3S/c19-18(20)26(24,25)16-7-5-13(6-8-16)17(23)21-14-9-11-22(12-10-14)15-3-1-2-4-15/h5-8,14-15,18H,1-4,9-12H2,(H,21,23). The Morgan fingerprint density at radius 1 is 1.04 bits per heavy atom. The van der Waals surface area contributed by atoms with Crippen molar-refractivity contribution in [1.29, 1.82) is 0 Å². The van der Waals surface area contributed by atoms with Crippen molar-refractivity contribution in [3.8, 4) is 0 Å². The number of likely N-dealkylation sites (tertiary alicyclic amines) is 1. The molecule has 0 aromatic heterocycles. The molecule has 0 radical (unpaired) electrons. The van der Waals surface area contributed by atoms with Gasteiger partial charge in [-0.3, -0.25) is 4.79 Å². The first-order valence-electron chi connectivity index (χ1n) is 9.05. The van der Waals surface area contributed by atoms with Gasteiger partial charge in [0.05, 0.1) is 4.90 Å². The van der Waals surface area contributed by atoms with E-state index in [4.69, 9.17) is 0 Å². The summed E-state index contributed by atoms with van der Waals surface area (Å²) in [5, 5.41) is 2.96. The van der Waals surface area contributed by atoms with Crippen molar-refractivity contribution >= 4 is 15.7 Å².